The normalized spacial score (nSPS) is 11.1. The Labute approximate surface area is 189 Å². The third-order valence-corrected chi connectivity index (χ3v) is 6.22. The van der Waals surface area contributed by atoms with E-state index in [1.807, 2.05) is 48.5 Å². The van der Waals surface area contributed by atoms with Crippen LogP contribution in [-0.2, 0) is 6.61 Å². The molecule has 148 valence electrons. The fourth-order valence-corrected chi connectivity index (χ4v) is 4.94. The summed E-state index contributed by atoms with van der Waals surface area (Å²) in [4.78, 5) is 14.3. The van der Waals surface area contributed by atoms with Crippen molar-refractivity contribution in [3.63, 3.8) is 0 Å². The van der Waals surface area contributed by atoms with Gasteiger partial charge in [0.1, 0.15) is 23.0 Å². The van der Waals surface area contributed by atoms with E-state index in [2.05, 4.69) is 48.3 Å². The first-order valence-electron chi connectivity index (χ1n) is 9.11. The Kier molecular flexibility index (Phi) is 5.25. The SMILES string of the molecule is Clc1cc(Nc2nc(Br)nc3sc4ccccc4c23)ccc1OCc1ccccn1. The van der Waals surface area contributed by atoms with Gasteiger partial charge in [-0.1, -0.05) is 35.9 Å². The van der Waals surface area contributed by atoms with Gasteiger partial charge in [0.25, 0.3) is 0 Å². The minimum absolute atomic E-state index is 0.355. The molecule has 0 bridgehead atoms. The largest absolute Gasteiger partial charge is 0.486 e. The van der Waals surface area contributed by atoms with Gasteiger partial charge in [0.05, 0.1) is 16.1 Å². The van der Waals surface area contributed by atoms with Crippen LogP contribution in [0.1, 0.15) is 5.69 Å². The predicted octanol–water partition coefficient (Wildman–Crippen LogP) is 6.98. The molecule has 8 heteroatoms. The molecule has 0 spiro atoms. The van der Waals surface area contributed by atoms with Crippen molar-refractivity contribution < 1.29 is 4.74 Å². The zero-order valence-corrected chi connectivity index (χ0v) is 18.6. The number of rotatable bonds is 5. The standard InChI is InChI=1S/C22H14BrClN4OS/c23-22-27-20(19-15-6-1-2-7-18(15)30-21(19)28-22)26-13-8-9-17(16(24)11-13)29-12-14-5-3-4-10-25-14/h1-11H,12H2,(H,26,27,28). The van der Waals surface area contributed by atoms with Gasteiger partial charge < -0.3 is 10.1 Å². The van der Waals surface area contributed by atoms with E-state index in [9.17, 15) is 0 Å². The van der Waals surface area contributed by atoms with Crippen LogP contribution in [0.15, 0.2) is 71.6 Å². The van der Waals surface area contributed by atoms with Crippen LogP contribution in [0.4, 0.5) is 11.5 Å². The molecule has 0 amide bonds. The Bertz CT molecular complexity index is 1360. The highest BCUT2D eigenvalue weighted by Crippen LogP contribution is 2.38. The fourth-order valence-electron chi connectivity index (χ4n) is 3.16. The van der Waals surface area contributed by atoms with E-state index >= 15 is 0 Å². The quantitative estimate of drug-likeness (QED) is 0.265. The molecular weight excluding hydrogens is 484 g/mol. The van der Waals surface area contributed by atoms with Gasteiger partial charge in [0, 0.05) is 22.0 Å². The number of pyridine rings is 1. The van der Waals surface area contributed by atoms with E-state index in [1.165, 1.54) is 4.70 Å². The molecule has 0 atom stereocenters. The van der Waals surface area contributed by atoms with E-state index in [4.69, 9.17) is 16.3 Å². The van der Waals surface area contributed by atoms with Crippen LogP contribution in [0.25, 0.3) is 20.3 Å². The summed E-state index contributed by atoms with van der Waals surface area (Å²) in [6, 6.07) is 19.5. The van der Waals surface area contributed by atoms with Gasteiger partial charge in [-0.25, -0.2) is 9.97 Å². The monoisotopic (exact) mass is 496 g/mol. The number of anilines is 2. The van der Waals surface area contributed by atoms with Crippen molar-refractivity contribution in [1.29, 1.82) is 0 Å². The molecule has 0 aliphatic carbocycles. The smallest absolute Gasteiger partial charge is 0.199 e. The molecule has 3 heterocycles. The average Bonchev–Trinajstić information content (AvgIpc) is 3.12. The van der Waals surface area contributed by atoms with Gasteiger partial charge in [0.15, 0.2) is 4.73 Å². The predicted molar refractivity (Wildman–Crippen MR) is 126 cm³/mol. The lowest BCUT2D eigenvalue weighted by Crippen LogP contribution is -1.99. The molecule has 0 saturated carbocycles. The molecule has 3 aromatic heterocycles. The highest BCUT2D eigenvalue weighted by atomic mass is 79.9. The molecule has 5 aromatic rings. The second kappa shape index (κ2) is 8.18. The van der Waals surface area contributed by atoms with E-state index in [0.29, 0.717) is 22.1 Å². The van der Waals surface area contributed by atoms with Crippen molar-refractivity contribution in [2.24, 2.45) is 0 Å². The first-order chi connectivity index (χ1) is 14.7. The summed E-state index contributed by atoms with van der Waals surface area (Å²) in [5, 5.41) is 6.00. The van der Waals surface area contributed by atoms with Gasteiger partial charge >= 0.3 is 0 Å². The van der Waals surface area contributed by atoms with Crippen molar-refractivity contribution in [1.82, 2.24) is 15.0 Å². The molecule has 5 nitrogen and oxygen atoms in total. The first-order valence-corrected chi connectivity index (χ1v) is 11.1. The lowest BCUT2D eigenvalue weighted by molar-refractivity contribution is 0.301. The van der Waals surface area contributed by atoms with Crippen molar-refractivity contribution >= 4 is 70.7 Å². The maximum atomic E-state index is 6.46. The van der Waals surface area contributed by atoms with Crippen molar-refractivity contribution in [3.8, 4) is 5.75 Å². The second-order valence-corrected chi connectivity index (χ2v) is 8.65. The van der Waals surface area contributed by atoms with Crippen molar-refractivity contribution in [2.75, 3.05) is 5.32 Å². The van der Waals surface area contributed by atoms with Gasteiger partial charge in [-0.05, 0) is 52.3 Å². The van der Waals surface area contributed by atoms with Gasteiger partial charge in [-0.2, -0.15) is 0 Å². The number of benzene rings is 2. The van der Waals surface area contributed by atoms with Gasteiger partial charge in [0.2, 0.25) is 0 Å². The maximum Gasteiger partial charge on any atom is 0.199 e. The zero-order chi connectivity index (χ0) is 20.5. The van der Waals surface area contributed by atoms with Crippen LogP contribution in [0.2, 0.25) is 5.02 Å². The molecule has 0 aliphatic rings. The van der Waals surface area contributed by atoms with Crippen LogP contribution in [-0.4, -0.2) is 15.0 Å². The third-order valence-electron chi connectivity index (χ3n) is 4.51. The zero-order valence-electron chi connectivity index (χ0n) is 15.5. The molecule has 0 fully saturated rings. The van der Waals surface area contributed by atoms with E-state index < -0.39 is 0 Å². The van der Waals surface area contributed by atoms with Crippen LogP contribution in [0.3, 0.4) is 0 Å². The van der Waals surface area contributed by atoms with Crippen LogP contribution in [0.5, 0.6) is 5.75 Å². The summed E-state index contributed by atoms with van der Waals surface area (Å²) in [7, 11) is 0. The highest BCUT2D eigenvalue weighted by molar-refractivity contribution is 9.10. The van der Waals surface area contributed by atoms with Crippen molar-refractivity contribution in [3.05, 3.63) is 82.3 Å². The average molecular weight is 498 g/mol. The summed E-state index contributed by atoms with van der Waals surface area (Å²) in [6.45, 7) is 0.355. The number of halogens is 2. The number of aromatic nitrogens is 3. The Morgan fingerprint density at radius 2 is 1.90 bits per heavy atom. The van der Waals surface area contributed by atoms with Crippen LogP contribution >= 0.6 is 38.9 Å². The first kappa shape index (κ1) is 19.2. The summed E-state index contributed by atoms with van der Waals surface area (Å²) in [5.41, 5.74) is 1.65. The lowest BCUT2D eigenvalue weighted by atomic mass is 10.2. The molecular formula is C22H14BrClN4OS. The Morgan fingerprint density at radius 1 is 1.03 bits per heavy atom. The summed E-state index contributed by atoms with van der Waals surface area (Å²) in [6.07, 6.45) is 1.74. The second-order valence-electron chi connectivity index (χ2n) is 6.50. The lowest BCUT2D eigenvalue weighted by Gasteiger charge is -2.11. The fraction of sp³-hybridized carbons (Fsp3) is 0.0455. The number of thiophene rings is 1. The van der Waals surface area contributed by atoms with E-state index in [-0.39, 0.29) is 0 Å². The molecule has 0 unspecified atom stereocenters. The Morgan fingerprint density at radius 3 is 2.73 bits per heavy atom. The molecule has 2 aromatic carbocycles. The molecule has 30 heavy (non-hydrogen) atoms. The van der Waals surface area contributed by atoms with Gasteiger partial charge in [-0.15, -0.1) is 11.3 Å². The van der Waals surface area contributed by atoms with E-state index in [0.717, 1.165) is 32.8 Å². The minimum atomic E-state index is 0.355. The number of fused-ring (bicyclic) bond motifs is 3. The molecule has 5 rings (SSSR count). The molecule has 1 N–H and O–H groups in total. The summed E-state index contributed by atoms with van der Waals surface area (Å²) in [5.74, 6) is 1.32. The van der Waals surface area contributed by atoms with Crippen LogP contribution < -0.4 is 10.1 Å². The number of hydrogen-bond acceptors (Lipinski definition) is 6. The molecule has 0 aliphatic heterocycles. The maximum absolute atomic E-state index is 6.46. The Hall–Kier alpha value is -2.74. The van der Waals surface area contributed by atoms with Crippen LogP contribution in [0, 0.1) is 0 Å². The summed E-state index contributed by atoms with van der Waals surface area (Å²) < 4.78 is 7.51. The molecule has 0 saturated heterocycles. The van der Waals surface area contributed by atoms with Crippen molar-refractivity contribution in [2.45, 2.75) is 6.61 Å². The third kappa shape index (κ3) is 3.84. The Balaban J connectivity index is 1.44. The number of nitrogens with zero attached hydrogens (tertiary/aromatic N) is 3. The minimum Gasteiger partial charge on any atom is -0.486 e. The van der Waals surface area contributed by atoms with Gasteiger partial charge in [-0.3, -0.25) is 4.98 Å². The topological polar surface area (TPSA) is 59.9 Å². The highest BCUT2D eigenvalue weighted by Gasteiger charge is 2.14. The molecule has 0 radical (unpaired) electrons. The summed E-state index contributed by atoms with van der Waals surface area (Å²) >= 11 is 11.5. The number of nitrogens with one attached hydrogen (secondary N) is 1. The number of hydrogen-bond donors (Lipinski definition) is 1. The van der Waals surface area contributed by atoms with E-state index in [1.54, 1.807) is 17.5 Å². The number of ether oxygens (including phenoxy) is 1.